The van der Waals surface area contributed by atoms with Crippen molar-refractivity contribution in [1.82, 2.24) is 0 Å². The minimum Gasteiger partial charge on any atom is -0.491 e. The van der Waals surface area contributed by atoms with E-state index in [2.05, 4.69) is 0 Å². The van der Waals surface area contributed by atoms with Gasteiger partial charge in [-0.25, -0.2) is 0 Å². The van der Waals surface area contributed by atoms with Crippen molar-refractivity contribution in [2.24, 2.45) is 0 Å². The second-order valence-electron chi connectivity index (χ2n) is 4.29. The van der Waals surface area contributed by atoms with Gasteiger partial charge < -0.3 is 14.3 Å². The minimum atomic E-state index is -0.813. The number of rotatable bonds is 4. The Kier molecular flexibility index (Phi) is 3.94. The van der Waals surface area contributed by atoms with Gasteiger partial charge in [0.05, 0.1) is 12.4 Å². The van der Waals surface area contributed by atoms with Crippen LogP contribution < -0.4 is 4.74 Å². The summed E-state index contributed by atoms with van der Waals surface area (Å²) in [7, 11) is 0. The second kappa shape index (κ2) is 5.46. The Balaban J connectivity index is 2.25. The van der Waals surface area contributed by atoms with Crippen LogP contribution in [0.4, 0.5) is 0 Å². The van der Waals surface area contributed by atoms with Gasteiger partial charge in [-0.1, -0.05) is 12.1 Å². The lowest BCUT2D eigenvalue weighted by Crippen LogP contribution is -2.06. The summed E-state index contributed by atoms with van der Waals surface area (Å²) in [6.45, 7) is 3.91. The number of hydrogen-bond donors (Lipinski definition) is 1. The molecule has 0 aliphatic carbocycles. The molecule has 0 saturated carbocycles. The molecule has 0 spiro atoms. The zero-order chi connectivity index (χ0) is 13.1. The van der Waals surface area contributed by atoms with Gasteiger partial charge in [-0.2, -0.15) is 0 Å². The van der Waals surface area contributed by atoms with E-state index >= 15 is 0 Å². The van der Waals surface area contributed by atoms with E-state index in [0.717, 1.165) is 11.3 Å². The molecule has 1 aromatic heterocycles. The van der Waals surface area contributed by atoms with E-state index in [-0.39, 0.29) is 11.3 Å². The molecular weight excluding hydrogens is 252 g/mol. The van der Waals surface area contributed by atoms with E-state index in [1.807, 2.05) is 32.0 Å². The third-order valence-electron chi connectivity index (χ3n) is 2.49. The van der Waals surface area contributed by atoms with Gasteiger partial charge in [0, 0.05) is 5.56 Å². The van der Waals surface area contributed by atoms with Crippen LogP contribution in [0.5, 0.6) is 5.75 Å². The molecule has 2 aromatic rings. The zero-order valence-electron chi connectivity index (χ0n) is 10.3. The van der Waals surface area contributed by atoms with E-state index in [1.54, 1.807) is 12.1 Å². The van der Waals surface area contributed by atoms with Crippen molar-refractivity contribution in [3.63, 3.8) is 0 Å². The molecule has 0 amide bonds. The predicted octanol–water partition coefficient (Wildman–Crippen LogP) is 3.80. The van der Waals surface area contributed by atoms with Crippen LogP contribution in [0.15, 0.2) is 41.0 Å². The number of benzene rings is 1. The number of hydrogen-bond acceptors (Lipinski definition) is 3. The first-order valence-electron chi connectivity index (χ1n) is 5.75. The van der Waals surface area contributed by atoms with E-state index in [0.29, 0.717) is 5.56 Å². The normalized spacial score (nSPS) is 12.7. The standard InChI is InChI=1S/C14H15ClO3/c1-9(2)18-11-5-3-4-10(8-11)13(16)12-6-7-17-14(12)15/h3-9,13,16H,1-2H3. The van der Waals surface area contributed by atoms with Crippen molar-refractivity contribution < 1.29 is 14.3 Å². The average Bonchev–Trinajstić information content (AvgIpc) is 2.74. The molecule has 18 heavy (non-hydrogen) atoms. The number of halogens is 1. The van der Waals surface area contributed by atoms with Crippen molar-refractivity contribution in [3.8, 4) is 5.75 Å². The van der Waals surface area contributed by atoms with E-state index in [4.69, 9.17) is 20.8 Å². The molecule has 1 unspecified atom stereocenters. The Labute approximate surface area is 111 Å². The average molecular weight is 267 g/mol. The maximum atomic E-state index is 10.2. The zero-order valence-corrected chi connectivity index (χ0v) is 11.0. The number of furan rings is 1. The van der Waals surface area contributed by atoms with Crippen LogP contribution in [0.2, 0.25) is 5.22 Å². The molecule has 3 nitrogen and oxygen atoms in total. The molecule has 4 heteroatoms. The van der Waals surface area contributed by atoms with Crippen LogP contribution in [-0.4, -0.2) is 11.2 Å². The van der Waals surface area contributed by atoms with Crippen LogP contribution in [0.3, 0.4) is 0 Å². The highest BCUT2D eigenvalue weighted by Crippen LogP contribution is 2.30. The second-order valence-corrected chi connectivity index (χ2v) is 4.63. The minimum absolute atomic E-state index is 0.0925. The van der Waals surface area contributed by atoms with Gasteiger partial charge in [0.2, 0.25) is 0 Å². The molecule has 1 atom stereocenters. The van der Waals surface area contributed by atoms with E-state index < -0.39 is 6.10 Å². The lowest BCUT2D eigenvalue weighted by molar-refractivity contribution is 0.215. The molecule has 0 aliphatic heterocycles. The summed E-state index contributed by atoms with van der Waals surface area (Å²) >= 11 is 5.85. The molecule has 96 valence electrons. The first kappa shape index (κ1) is 13.0. The summed E-state index contributed by atoms with van der Waals surface area (Å²) in [5, 5.41) is 10.4. The van der Waals surface area contributed by atoms with E-state index in [1.165, 1.54) is 6.26 Å². The third-order valence-corrected chi connectivity index (χ3v) is 2.79. The van der Waals surface area contributed by atoms with Gasteiger partial charge in [0.1, 0.15) is 11.9 Å². The lowest BCUT2D eigenvalue weighted by Gasteiger charge is -2.13. The predicted molar refractivity (Wildman–Crippen MR) is 70.0 cm³/mol. The Morgan fingerprint density at radius 3 is 2.67 bits per heavy atom. The molecule has 1 N–H and O–H groups in total. The largest absolute Gasteiger partial charge is 0.491 e. The first-order valence-corrected chi connectivity index (χ1v) is 6.13. The van der Waals surface area contributed by atoms with E-state index in [9.17, 15) is 5.11 Å². The number of ether oxygens (including phenoxy) is 1. The highest BCUT2D eigenvalue weighted by molar-refractivity contribution is 6.29. The van der Waals surface area contributed by atoms with Crippen LogP contribution in [0, 0.1) is 0 Å². The Morgan fingerprint density at radius 1 is 1.28 bits per heavy atom. The summed E-state index contributed by atoms with van der Waals surface area (Å²) in [4.78, 5) is 0. The molecule has 1 aromatic carbocycles. The molecule has 0 radical (unpaired) electrons. The Morgan fingerprint density at radius 2 is 2.06 bits per heavy atom. The highest BCUT2D eigenvalue weighted by Gasteiger charge is 2.16. The van der Waals surface area contributed by atoms with Crippen LogP contribution in [0.25, 0.3) is 0 Å². The fourth-order valence-electron chi connectivity index (χ4n) is 1.71. The maximum absolute atomic E-state index is 10.2. The smallest absolute Gasteiger partial charge is 0.199 e. The molecule has 2 rings (SSSR count). The summed E-state index contributed by atoms with van der Waals surface area (Å²) in [6.07, 6.45) is 0.733. The molecule has 0 saturated heterocycles. The quantitative estimate of drug-likeness (QED) is 0.915. The SMILES string of the molecule is CC(C)Oc1cccc(C(O)c2ccoc2Cl)c1. The molecule has 0 bridgehead atoms. The van der Waals surface area contributed by atoms with Gasteiger partial charge >= 0.3 is 0 Å². The van der Waals surface area contributed by atoms with Gasteiger partial charge in [0.15, 0.2) is 5.22 Å². The van der Waals surface area contributed by atoms with Gasteiger partial charge in [-0.3, -0.25) is 0 Å². The van der Waals surface area contributed by atoms with Gasteiger partial charge in [0.25, 0.3) is 0 Å². The number of aliphatic hydroxyl groups excluding tert-OH is 1. The molecular formula is C14H15ClO3. The number of aliphatic hydroxyl groups is 1. The lowest BCUT2D eigenvalue weighted by atomic mass is 10.0. The van der Waals surface area contributed by atoms with Crippen molar-refractivity contribution in [2.45, 2.75) is 26.1 Å². The molecule has 1 heterocycles. The topological polar surface area (TPSA) is 42.6 Å². The molecule has 0 aliphatic rings. The van der Waals surface area contributed by atoms with Crippen LogP contribution in [0.1, 0.15) is 31.1 Å². The van der Waals surface area contributed by atoms with Crippen molar-refractivity contribution >= 4 is 11.6 Å². The summed E-state index contributed by atoms with van der Waals surface area (Å²) in [5.41, 5.74) is 1.27. The van der Waals surface area contributed by atoms with Crippen LogP contribution >= 0.6 is 11.6 Å². The summed E-state index contributed by atoms with van der Waals surface area (Å²) in [5.74, 6) is 0.723. The van der Waals surface area contributed by atoms with Crippen molar-refractivity contribution in [1.29, 1.82) is 0 Å². The fraction of sp³-hybridized carbons (Fsp3) is 0.286. The third kappa shape index (κ3) is 2.86. The van der Waals surface area contributed by atoms with Crippen molar-refractivity contribution in [2.75, 3.05) is 0 Å². The Hall–Kier alpha value is -1.45. The first-order chi connectivity index (χ1) is 8.58. The monoisotopic (exact) mass is 266 g/mol. The van der Waals surface area contributed by atoms with Crippen molar-refractivity contribution in [3.05, 3.63) is 52.9 Å². The Bertz CT molecular complexity index is 519. The van der Waals surface area contributed by atoms with Crippen LogP contribution in [-0.2, 0) is 0 Å². The highest BCUT2D eigenvalue weighted by atomic mass is 35.5. The summed E-state index contributed by atoms with van der Waals surface area (Å²) in [6, 6.07) is 8.97. The maximum Gasteiger partial charge on any atom is 0.199 e. The van der Waals surface area contributed by atoms with Gasteiger partial charge in [-0.15, -0.1) is 0 Å². The fourth-order valence-corrected chi connectivity index (χ4v) is 1.93. The summed E-state index contributed by atoms with van der Waals surface area (Å²) < 4.78 is 10.6. The van der Waals surface area contributed by atoms with Gasteiger partial charge in [-0.05, 0) is 49.2 Å². The molecule has 0 fully saturated rings.